The standard InChI is InChI=1S/C17H22N4O2S2/c1-10-11(2)25-17-15(10)16(18-12(3)19-17)24-9-14(23)21-7-5-20(6-8-21)13(4)22/h5-9H2,1-4H3. The van der Waals surface area contributed by atoms with Crippen molar-refractivity contribution in [2.24, 2.45) is 0 Å². The molecule has 1 fully saturated rings. The van der Waals surface area contributed by atoms with Crippen LogP contribution in [0.15, 0.2) is 5.03 Å². The van der Waals surface area contributed by atoms with Crippen LogP contribution in [0.5, 0.6) is 0 Å². The highest BCUT2D eigenvalue weighted by atomic mass is 32.2. The molecule has 3 rings (SSSR count). The molecule has 2 amide bonds. The Bertz CT molecular complexity index is 826. The zero-order valence-electron chi connectivity index (χ0n) is 15.0. The number of carbonyl (C=O) groups is 2. The van der Waals surface area contributed by atoms with Crippen LogP contribution in [0.3, 0.4) is 0 Å². The summed E-state index contributed by atoms with van der Waals surface area (Å²) in [7, 11) is 0. The first-order valence-electron chi connectivity index (χ1n) is 8.27. The van der Waals surface area contributed by atoms with Crippen LogP contribution in [0, 0.1) is 20.8 Å². The quantitative estimate of drug-likeness (QED) is 0.606. The maximum Gasteiger partial charge on any atom is 0.233 e. The monoisotopic (exact) mass is 378 g/mol. The van der Waals surface area contributed by atoms with E-state index in [4.69, 9.17) is 0 Å². The Morgan fingerprint density at radius 2 is 1.72 bits per heavy atom. The zero-order valence-corrected chi connectivity index (χ0v) is 16.6. The van der Waals surface area contributed by atoms with E-state index >= 15 is 0 Å². The number of hydrogen-bond donors (Lipinski definition) is 0. The number of nitrogens with zero attached hydrogens (tertiary/aromatic N) is 4. The van der Waals surface area contributed by atoms with Gasteiger partial charge in [0.25, 0.3) is 0 Å². The molecule has 0 aromatic carbocycles. The molecule has 0 spiro atoms. The van der Waals surface area contributed by atoms with Crippen LogP contribution in [0.2, 0.25) is 0 Å². The normalized spacial score (nSPS) is 15.0. The summed E-state index contributed by atoms with van der Waals surface area (Å²) >= 11 is 3.16. The van der Waals surface area contributed by atoms with Crippen LogP contribution < -0.4 is 0 Å². The highest BCUT2D eigenvalue weighted by molar-refractivity contribution is 8.00. The lowest BCUT2D eigenvalue weighted by Crippen LogP contribution is -2.50. The van der Waals surface area contributed by atoms with Crippen molar-refractivity contribution in [1.29, 1.82) is 0 Å². The van der Waals surface area contributed by atoms with Gasteiger partial charge in [-0.25, -0.2) is 9.97 Å². The number of amides is 2. The topological polar surface area (TPSA) is 66.4 Å². The average molecular weight is 379 g/mol. The number of aromatic nitrogens is 2. The molecule has 1 aliphatic heterocycles. The van der Waals surface area contributed by atoms with E-state index < -0.39 is 0 Å². The number of fused-ring (bicyclic) bond motifs is 1. The summed E-state index contributed by atoms with van der Waals surface area (Å²) in [6, 6.07) is 0. The van der Waals surface area contributed by atoms with Crippen LogP contribution in [0.4, 0.5) is 0 Å². The molecule has 0 N–H and O–H groups in total. The van der Waals surface area contributed by atoms with Crippen molar-refractivity contribution in [3.05, 3.63) is 16.3 Å². The summed E-state index contributed by atoms with van der Waals surface area (Å²) < 4.78 is 0. The van der Waals surface area contributed by atoms with Crippen molar-refractivity contribution in [2.75, 3.05) is 31.9 Å². The fourth-order valence-corrected chi connectivity index (χ4v) is 5.08. The summed E-state index contributed by atoms with van der Waals surface area (Å²) in [5.74, 6) is 1.27. The van der Waals surface area contributed by atoms with Gasteiger partial charge in [0.2, 0.25) is 11.8 Å². The van der Waals surface area contributed by atoms with Gasteiger partial charge in [-0.15, -0.1) is 11.3 Å². The Balaban J connectivity index is 1.69. The van der Waals surface area contributed by atoms with Crippen molar-refractivity contribution in [3.63, 3.8) is 0 Å². The molecule has 0 bridgehead atoms. The lowest BCUT2D eigenvalue weighted by Gasteiger charge is -2.34. The van der Waals surface area contributed by atoms with Crippen molar-refractivity contribution in [2.45, 2.75) is 32.7 Å². The summed E-state index contributed by atoms with van der Waals surface area (Å²) in [4.78, 5) is 38.8. The Kier molecular flexibility index (Phi) is 5.29. The van der Waals surface area contributed by atoms with E-state index in [9.17, 15) is 9.59 Å². The largest absolute Gasteiger partial charge is 0.339 e. The molecule has 0 atom stereocenters. The third-order valence-electron chi connectivity index (χ3n) is 4.52. The number of carbonyl (C=O) groups excluding carboxylic acids is 2. The van der Waals surface area contributed by atoms with Gasteiger partial charge in [0, 0.05) is 43.4 Å². The molecule has 0 unspecified atom stereocenters. The second-order valence-electron chi connectivity index (χ2n) is 6.21. The fraction of sp³-hybridized carbons (Fsp3) is 0.529. The summed E-state index contributed by atoms with van der Waals surface area (Å²) in [6.07, 6.45) is 0. The first-order valence-corrected chi connectivity index (χ1v) is 10.1. The van der Waals surface area contributed by atoms with Gasteiger partial charge in [0.1, 0.15) is 15.7 Å². The average Bonchev–Trinajstić information content (AvgIpc) is 2.86. The maximum atomic E-state index is 12.5. The number of aryl methyl sites for hydroxylation is 3. The maximum absolute atomic E-state index is 12.5. The van der Waals surface area contributed by atoms with Gasteiger partial charge in [-0.2, -0.15) is 0 Å². The summed E-state index contributed by atoms with van der Waals surface area (Å²) in [5.41, 5.74) is 1.20. The first kappa shape index (κ1) is 18.1. The SMILES string of the molecule is CC(=O)N1CCN(C(=O)CSc2nc(C)nc3sc(C)c(C)c23)CC1. The van der Waals surface area contributed by atoms with E-state index in [1.807, 2.05) is 11.8 Å². The van der Waals surface area contributed by atoms with Gasteiger partial charge in [-0.3, -0.25) is 9.59 Å². The Labute approximate surface area is 155 Å². The van der Waals surface area contributed by atoms with E-state index in [0.29, 0.717) is 31.9 Å². The molecular formula is C17H22N4O2S2. The Morgan fingerprint density at radius 3 is 2.36 bits per heavy atom. The van der Waals surface area contributed by atoms with Crippen LogP contribution >= 0.6 is 23.1 Å². The van der Waals surface area contributed by atoms with Crippen molar-refractivity contribution < 1.29 is 9.59 Å². The van der Waals surface area contributed by atoms with Crippen molar-refractivity contribution in [3.8, 4) is 0 Å². The van der Waals surface area contributed by atoms with Crippen LogP contribution in [-0.4, -0.2) is 63.5 Å². The van der Waals surface area contributed by atoms with Gasteiger partial charge in [-0.05, 0) is 26.3 Å². The smallest absolute Gasteiger partial charge is 0.233 e. The van der Waals surface area contributed by atoms with E-state index in [0.717, 1.165) is 21.1 Å². The van der Waals surface area contributed by atoms with E-state index in [1.54, 1.807) is 23.2 Å². The molecule has 134 valence electrons. The Morgan fingerprint density at radius 1 is 1.08 bits per heavy atom. The van der Waals surface area contributed by atoms with Gasteiger partial charge in [0.15, 0.2) is 0 Å². The zero-order chi connectivity index (χ0) is 18.1. The summed E-state index contributed by atoms with van der Waals surface area (Å²) in [5, 5.41) is 1.97. The molecule has 1 aliphatic rings. The molecule has 0 radical (unpaired) electrons. The van der Waals surface area contributed by atoms with Crippen LogP contribution in [0.1, 0.15) is 23.2 Å². The van der Waals surface area contributed by atoms with Crippen molar-refractivity contribution >= 4 is 45.1 Å². The van der Waals surface area contributed by atoms with Gasteiger partial charge >= 0.3 is 0 Å². The number of hydrogen-bond acceptors (Lipinski definition) is 6. The van der Waals surface area contributed by atoms with Gasteiger partial charge in [0.05, 0.1) is 5.75 Å². The lowest BCUT2D eigenvalue weighted by atomic mass is 10.2. The predicted molar refractivity (Wildman–Crippen MR) is 101 cm³/mol. The van der Waals surface area contributed by atoms with E-state index in [-0.39, 0.29) is 11.8 Å². The Hall–Kier alpha value is -1.67. The third kappa shape index (κ3) is 3.79. The second-order valence-corrected chi connectivity index (χ2v) is 8.38. The predicted octanol–water partition coefficient (Wildman–Crippen LogP) is 2.40. The number of rotatable bonds is 3. The van der Waals surface area contributed by atoms with E-state index in [2.05, 4.69) is 23.8 Å². The molecule has 25 heavy (non-hydrogen) atoms. The van der Waals surface area contributed by atoms with Gasteiger partial charge in [-0.1, -0.05) is 11.8 Å². The molecule has 6 nitrogen and oxygen atoms in total. The minimum absolute atomic E-state index is 0.0728. The molecule has 8 heteroatoms. The number of thioether (sulfide) groups is 1. The first-order chi connectivity index (χ1) is 11.9. The molecule has 2 aromatic heterocycles. The highest BCUT2D eigenvalue weighted by Gasteiger charge is 2.23. The number of piperazine rings is 1. The number of thiophene rings is 1. The van der Waals surface area contributed by atoms with Crippen LogP contribution in [0.25, 0.3) is 10.2 Å². The summed E-state index contributed by atoms with van der Waals surface area (Å²) in [6.45, 7) is 10.1. The second kappa shape index (κ2) is 7.29. The molecule has 2 aromatic rings. The molecule has 0 aliphatic carbocycles. The minimum atomic E-state index is 0.0728. The molecular weight excluding hydrogens is 356 g/mol. The fourth-order valence-electron chi connectivity index (χ4n) is 2.91. The molecule has 3 heterocycles. The van der Waals surface area contributed by atoms with Gasteiger partial charge < -0.3 is 9.80 Å². The van der Waals surface area contributed by atoms with Crippen molar-refractivity contribution in [1.82, 2.24) is 19.8 Å². The third-order valence-corrected chi connectivity index (χ3v) is 6.58. The van der Waals surface area contributed by atoms with Crippen LogP contribution in [-0.2, 0) is 9.59 Å². The lowest BCUT2D eigenvalue weighted by molar-refractivity contribution is -0.136. The molecule has 1 saturated heterocycles. The minimum Gasteiger partial charge on any atom is -0.339 e. The van der Waals surface area contributed by atoms with E-state index in [1.165, 1.54) is 22.2 Å². The molecule has 0 saturated carbocycles. The highest BCUT2D eigenvalue weighted by Crippen LogP contribution is 2.35.